The molecule has 29 heavy (non-hydrogen) atoms. The highest BCUT2D eigenvalue weighted by molar-refractivity contribution is 6.04. The lowest BCUT2D eigenvalue weighted by molar-refractivity contribution is -0.384. The molecule has 1 N–H and O–H groups in total. The van der Waals surface area contributed by atoms with Gasteiger partial charge in [-0.15, -0.1) is 0 Å². The van der Waals surface area contributed by atoms with Crippen molar-refractivity contribution in [3.05, 3.63) is 64.2 Å². The summed E-state index contributed by atoms with van der Waals surface area (Å²) < 4.78 is 4.96. The Labute approximate surface area is 167 Å². The van der Waals surface area contributed by atoms with Gasteiger partial charge in [0.05, 0.1) is 24.0 Å². The van der Waals surface area contributed by atoms with E-state index >= 15 is 0 Å². The minimum Gasteiger partial charge on any atom is -0.464 e. The Balaban J connectivity index is 2.06. The molecule has 0 atom stereocenters. The summed E-state index contributed by atoms with van der Waals surface area (Å²) in [5.74, 6) is -0.831. The number of hydrogen-bond donors (Lipinski definition) is 1. The van der Waals surface area contributed by atoms with Crippen LogP contribution in [-0.2, 0) is 9.53 Å². The highest BCUT2D eigenvalue weighted by atomic mass is 16.6. The minimum atomic E-state index is -0.558. The first kappa shape index (κ1) is 21.4. The maximum absolute atomic E-state index is 12.3. The lowest BCUT2D eigenvalue weighted by Crippen LogP contribution is -2.29. The standard InChI is InChI=1S/C20H20N4O5/c1-15(25)29-13-12-23(11-3-10-21)18-8-6-17(7-9-18)22-20(26)16-4-2-5-19(14-16)24(27)28/h2,4-9,14H,3,11-13H2,1H3,(H,22,26). The van der Waals surface area contributed by atoms with Crippen LogP contribution in [0.2, 0.25) is 0 Å². The van der Waals surface area contributed by atoms with E-state index in [1.165, 1.54) is 31.2 Å². The maximum Gasteiger partial charge on any atom is 0.302 e. The van der Waals surface area contributed by atoms with Gasteiger partial charge < -0.3 is 15.0 Å². The van der Waals surface area contributed by atoms with Crippen LogP contribution in [-0.4, -0.2) is 36.5 Å². The Kier molecular flexibility index (Phi) is 7.68. The lowest BCUT2D eigenvalue weighted by atomic mass is 10.2. The van der Waals surface area contributed by atoms with Crippen molar-refractivity contribution in [3.63, 3.8) is 0 Å². The zero-order valence-electron chi connectivity index (χ0n) is 15.8. The van der Waals surface area contributed by atoms with Crippen LogP contribution in [0.25, 0.3) is 0 Å². The average molecular weight is 396 g/mol. The number of carbonyl (C=O) groups is 2. The van der Waals surface area contributed by atoms with Crippen molar-refractivity contribution in [2.24, 2.45) is 0 Å². The van der Waals surface area contributed by atoms with Gasteiger partial charge in [0, 0.05) is 42.5 Å². The summed E-state index contributed by atoms with van der Waals surface area (Å²) in [5.41, 5.74) is 1.35. The molecule has 0 unspecified atom stereocenters. The molecule has 0 aliphatic heterocycles. The smallest absolute Gasteiger partial charge is 0.302 e. The molecule has 0 fully saturated rings. The van der Waals surface area contributed by atoms with Gasteiger partial charge in [-0.05, 0) is 30.3 Å². The second-order valence-electron chi connectivity index (χ2n) is 6.04. The summed E-state index contributed by atoms with van der Waals surface area (Å²) in [6, 6.07) is 14.5. The summed E-state index contributed by atoms with van der Waals surface area (Å²) in [5, 5.41) is 22.4. The Morgan fingerprint density at radius 3 is 2.55 bits per heavy atom. The molecule has 9 nitrogen and oxygen atoms in total. The number of nitriles is 1. The van der Waals surface area contributed by atoms with E-state index in [4.69, 9.17) is 10.00 Å². The zero-order chi connectivity index (χ0) is 21.2. The molecular weight excluding hydrogens is 376 g/mol. The van der Waals surface area contributed by atoms with Crippen LogP contribution in [0.1, 0.15) is 23.7 Å². The number of carbonyl (C=O) groups excluding carboxylic acids is 2. The molecule has 1 amide bonds. The number of hydrogen-bond acceptors (Lipinski definition) is 7. The van der Waals surface area contributed by atoms with Crippen molar-refractivity contribution in [2.75, 3.05) is 29.9 Å². The number of rotatable bonds is 9. The molecular formula is C20H20N4O5. The molecule has 0 aliphatic rings. The number of ether oxygens (including phenoxy) is 1. The van der Waals surface area contributed by atoms with Gasteiger partial charge in [-0.1, -0.05) is 6.07 Å². The summed E-state index contributed by atoms with van der Waals surface area (Å²) in [7, 11) is 0. The van der Waals surface area contributed by atoms with E-state index < -0.39 is 10.8 Å². The predicted octanol–water partition coefficient (Wildman–Crippen LogP) is 3.13. The fourth-order valence-corrected chi connectivity index (χ4v) is 2.57. The molecule has 2 rings (SSSR count). The van der Waals surface area contributed by atoms with E-state index in [1.54, 1.807) is 24.3 Å². The third-order valence-corrected chi connectivity index (χ3v) is 3.97. The first-order chi connectivity index (χ1) is 13.9. The normalized spacial score (nSPS) is 9.93. The number of nitro benzene ring substituents is 1. The van der Waals surface area contributed by atoms with Gasteiger partial charge in [0.15, 0.2) is 0 Å². The molecule has 0 spiro atoms. The summed E-state index contributed by atoms with van der Waals surface area (Å²) in [4.78, 5) is 35.4. The quantitative estimate of drug-likeness (QED) is 0.392. The second-order valence-corrected chi connectivity index (χ2v) is 6.04. The fourth-order valence-electron chi connectivity index (χ4n) is 2.57. The van der Waals surface area contributed by atoms with E-state index in [0.29, 0.717) is 25.2 Å². The zero-order valence-corrected chi connectivity index (χ0v) is 15.8. The third kappa shape index (κ3) is 6.62. The Bertz CT molecular complexity index is 921. The van der Waals surface area contributed by atoms with Gasteiger partial charge in [0.1, 0.15) is 6.61 Å². The van der Waals surface area contributed by atoms with Crippen molar-refractivity contribution in [2.45, 2.75) is 13.3 Å². The van der Waals surface area contributed by atoms with Crippen LogP contribution < -0.4 is 10.2 Å². The molecule has 150 valence electrons. The second kappa shape index (κ2) is 10.4. The molecule has 0 heterocycles. The number of amides is 1. The van der Waals surface area contributed by atoms with Crippen LogP contribution >= 0.6 is 0 Å². The predicted molar refractivity (Wildman–Crippen MR) is 107 cm³/mol. The molecule has 0 saturated heterocycles. The average Bonchev–Trinajstić information content (AvgIpc) is 2.71. The Hall–Kier alpha value is -3.93. The number of benzene rings is 2. The van der Waals surface area contributed by atoms with Crippen molar-refractivity contribution >= 4 is 28.9 Å². The number of nitro groups is 1. The SMILES string of the molecule is CC(=O)OCCN(CCC#N)c1ccc(NC(=O)c2cccc([N+](=O)[O-])c2)cc1. The van der Waals surface area contributed by atoms with Crippen molar-refractivity contribution in [3.8, 4) is 6.07 Å². The number of nitrogens with one attached hydrogen (secondary N) is 1. The van der Waals surface area contributed by atoms with Gasteiger partial charge >= 0.3 is 5.97 Å². The molecule has 0 saturated carbocycles. The largest absolute Gasteiger partial charge is 0.464 e. The van der Waals surface area contributed by atoms with Gasteiger partial charge in [0.2, 0.25) is 0 Å². The summed E-state index contributed by atoms with van der Waals surface area (Å²) in [6.07, 6.45) is 0.311. The van der Waals surface area contributed by atoms with Crippen LogP contribution in [0, 0.1) is 21.4 Å². The van der Waals surface area contributed by atoms with Crippen molar-refractivity contribution in [1.29, 1.82) is 5.26 Å². The van der Waals surface area contributed by atoms with Crippen molar-refractivity contribution < 1.29 is 19.2 Å². The van der Waals surface area contributed by atoms with Gasteiger partial charge in [-0.25, -0.2) is 0 Å². The van der Waals surface area contributed by atoms with Crippen LogP contribution in [0.3, 0.4) is 0 Å². The topological polar surface area (TPSA) is 126 Å². The molecule has 0 bridgehead atoms. The van der Waals surface area contributed by atoms with Gasteiger partial charge in [-0.3, -0.25) is 19.7 Å². The van der Waals surface area contributed by atoms with Crippen LogP contribution in [0.5, 0.6) is 0 Å². The minimum absolute atomic E-state index is 0.158. The fraction of sp³-hybridized carbons (Fsp3) is 0.250. The Morgan fingerprint density at radius 1 is 1.21 bits per heavy atom. The maximum atomic E-state index is 12.3. The number of non-ortho nitro benzene ring substituents is 1. The monoisotopic (exact) mass is 396 g/mol. The van der Waals surface area contributed by atoms with E-state index in [-0.39, 0.29) is 23.8 Å². The molecule has 0 aliphatic carbocycles. The number of anilines is 2. The third-order valence-electron chi connectivity index (χ3n) is 3.97. The molecule has 0 radical (unpaired) electrons. The van der Waals surface area contributed by atoms with Gasteiger partial charge in [0.25, 0.3) is 11.6 Å². The van der Waals surface area contributed by atoms with Gasteiger partial charge in [-0.2, -0.15) is 5.26 Å². The van der Waals surface area contributed by atoms with Crippen LogP contribution in [0.15, 0.2) is 48.5 Å². The van der Waals surface area contributed by atoms with E-state index in [9.17, 15) is 19.7 Å². The van der Waals surface area contributed by atoms with E-state index in [2.05, 4.69) is 11.4 Å². The lowest BCUT2D eigenvalue weighted by Gasteiger charge is -2.23. The molecule has 2 aromatic carbocycles. The first-order valence-corrected chi connectivity index (χ1v) is 8.82. The highest BCUT2D eigenvalue weighted by Gasteiger charge is 2.12. The van der Waals surface area contributed by atoms with E-state index in [0.717, 1.165) is 5.69 Å². The highest BCUT2D eigenvalue weighted by Crippen LogP contribution is 2.20. The molecule has 0 aromatic heterocycles. The summed E-state index contributed by atoms with van der Waals surface area (Å²) in [6.45, 7) is 2.43. The number of esters is 1. The van der Waals surface area contributed by atoms with Crippen LogP contribution in [0.4, 0.5) is 17.1 Å². The Morgan fingerprint density at radius 2 is 1.93 bits per heavy atom. The van der Waals surface area contributed by atoms with E-state index in [1.807, 2.05) is 4.90 Å². The first-order valence-electron chi connectivity index (χ1n) is 8.82. The number of nitrogens with zero attached hydrogens (tertiary/aromatic N) is 3. The molecule has 9 heteroatoms. The molecule has 2 aromatic rings. The van der Waals surface area contributed by atoms with Crippen molar-refractivity contribution in [1.82, 2.24) is 0 Å². The summed E-state index contributed by atoms with van der Waals surface area (Å²) >= 11 is 0.